The predicted molar refractivity (Wildman–Crippen MR) is 131 cm³/mol. The highest BCUT2D eigenvalue weighted by Crippen LogP contribution is 2.26. The van der Waals surface area contributed by atoms with Crippen LogP contribution in [0.2, 0.25) is 0 Å². The van der Waals surface area contributed by atoms with Gasteiger partial charge in [0.05, 0.1) is 7.11 Å². The molecule has 0 spiro atoms. The van der Waals surface area contributed by atoms with Gasteiger partial charge < -0.3 is 15.2 Å². The number of ether oxygens (including phenoxy) is 1. The first-order valence-electron chi connectivity index (χ1n) is 12.4. The van der Waals surface area contributed by atoms with E-state index in [0.717, 1.165) is 24.8 Å². The van der Waals surface area contributed by atoms with Gasteiger partial charge in [-0.3, -0.25) is 4.79 Å². The van der Waals surface area contributed by atoms with Crippen LogP contribution in [0.1, 0.15) is 109 Å². The molecule has 1 rings (SSSR count). The van der Waals surface area contributed by atoms with Gasteiger partial charge >= 0.3 is 0 Å². The molecule has 0 atom stereocenters. The van der Waals surface area contributed by atoms with Crippen molar-refractivity contribution in [2.24, 2.45) is 0 Å². The van der Waals surface area contributed by atoms with E-state index in [0.29, 0.717) is 18.7 Å². The Labute approximate surface area is 190 Å². The lowest BCUT2D eigenvalue weighted by molar-refractivity contribution is -0.121. The summed E-state index contributed by atoms with van der Waals surface area (Å²) in [6.45, 7) is 6.96. The first-order valence-corrected chi connectivity index (χ1v) is 12.4. The minimum absolute atomic E-state index is 0.0751. The molecule has 0 aliphatic rings. The normalized spacial score (nSPS) is 10.8. The van der Waals surface area contributed by atoms with E-state index in [1.54, 1.807) is 18.2 Å². The van der Waals surface area contributed by atoms with Gasteiger partial charge in [-0.15, -0.1) is 0 Å². The Balaban J connectivity index is 1.96. The number of hydrogen-bond acceptors (Lipinski definition) is 3. The molecule has 0 saturated heterocycles. The summed E-state index contributed by atoms with van der Waals surface area (Å²) in [4.78, 5) is 12.0. The molecule has 4 heteroatoms. The molecule has 0 saturated carbocycles. The summed E-state index contributed by atoms with van der Waals surface area (Å²) < 4.78 is 5.09. The summed E-state index contributed by atoms with van der Waals surface area (Å²) >= 11 is 0. The number of aromatic hydroxyl groups is 1. The number of nitrogens with one attached hydrogen (secondary N) is 1. The van der Waals surface area contributed by atoms with E-state index in [1.807, 2.05) is 0 Å². The van der Waals surface area contributed by atoms with Gasteiger partial charge in [0.15, 0.2) is 11.5 Å². The molecule has 0 aliphatic carbocycles. The smallest absolute Gasteiger partial charge is 0.220 e. The van der Waals surface area contributed by atoms with E-state index in [1.165, 1.54) is 83.3 Å². The molecule has 0 fully saturated rings. The lowest BCUT2D eigenvalue weighted by Crippen LogP contribution is -2.22. The Hall–Kier alpha value is -1.97. The topological polar surface area (TPSA) is 58.6 Å². The van der Waals surface area contributed by atoms with Crippen molar-refractivity contribution in [2.75, 3.05) is 7.11 Å². The van der Waals surface area contributed by atoms with Crippen LogP contribution in [0, 0.1) is 0 Å². The van der Waals surface area contributed by atoms with Gasteiger partial charge in [-0.1, -0.05) is 82.9 Å². The highest BCUT2D eigenvalue weighted by Gasteiger charge is 2.05. The fourth-order valence-electron chi connectivity index (χ4n) is 3.77. The van der Waals surface area contributed by atoms with Gasteiger partial charge in [0.2, 0.25) is 5.91 Å². The summed E-state index contributed by atoms with van der Waals surface area (Å²) in [6.07, 6.45) is 18.2. The number of unbranched alkanes of at least 4 members (excludes halogenated alkanes) is 10. The van der Waals surface area contributed by atoms with E-state index in [4.69, 9.17) is 4.74 Å². The molecule has 4 nitrogen and oxygen atoms in total. The number of amides is 1. The number of rotatable bonds is 19. The van der Waals surface area contributed by atoms with Crippen LogP contribution in [0.15, 0.2) is 30.4 Å². The third kappa shape index (κ3) is 13.9. The molecule has 0 radical (unpaired) electrons. The average Bonchev–Trinajstić information content (AvgIpc) is 2.77. The minimum Gasteiger partial charge on any atom is -0.504 e. The van der Waals surface area contributed by atoms with Crippen LogP contribution in [-0.2, 0) is 11.3 Å². The van der Waals surface area contributed by atoms with Crippen molar-refractivity contribution >= 4 is 5.91 Å². The SMILES string of the molecule is C=C(CCCCCCCCCC)CCCCCCC(=O)NCc1ccc(O)c(OC)c1. The van der Waals surface area contributed by atoms with Gasteiger partial charge in [-0.2, -0.15) is 0 Å². The van der Waals surface area contributed by atoms with Crippen LogP contribution in [0.4, 0.5) is 0 Å². The van der Waals surface area contributed by atoms with Gasteiger partial charge in [-0.05, 0) is 49.8 Å². The standard InChI is InChI=1S/C27H45NO3/c1-4-5-6-7-8-9-10-13-16-23(2)17-14-11-12-15-18-27(30)28-22-24-19-20-25(29)26(21-24)31-3/h19-21,29H,2,4-18,22H2,1,3H3,(H,28,30). The number of carbonyl (C=O) groups is 1. The Morgan fingerprint density at radius 3 is 2.03 bits per heavy atom. The Kier molecular flexibility index (Phi) is 15.4. The van der Waals surface area contributed by atoms with Crippen molar-refractivity contribution in [1.29, 1.82) is 0 Å². The van der Waals surface area contributed by atoms with Crippen molar-refractivity contribution in [2.45, 2.75) is 110 Å². The molecule has 0 unspecified atom stereocenters. The molecule has 0 heterocycles. The van der Waals surface area contributed by atoms with Crippen LogP contribution in [0.5, 0.6) is 11.5 Å². The summed E-state index contributed by atoms with van der Waals surface area (Å²) in [6, 6.07) is 5.12. The maximum Gasteiger partial charge on any atom is 0.220 e. The summed E-state index contributed by atoms with van der Waals surface area (Å²) in [5.41, 5.74) is 2.31. The molecular weight excluding hydrogens is 386 g/mol. The number of benzene rings is 1. The Morgan fingerprint density at radius 1 is 0.903 bits per heavy atom. The van der Waals surface area contributed by atoms with Crippen LogP contribution >= 0.6 is 0 Å². The zero-order valence-corrected chi connectivity index (χ0v) is 20.0. The molecule has 0 aromatic heterocycles. The van der Waals surface area contributed by atoms with E-state index in [9.17, 15) is 9.90 Å². The number of phenolic OH excluding ortho intramolecular Hbond substituents is 1. The second kappa shape index (κ2) is 17.7. The largest absolute Gasteiger partial charge is 0.504 e. The third-order valence-electron chi connectivity index (χ3n) is 5.80. The van der Waals surface area contributed by atoms with E-state index in [2.05, 4.69) is 18.8 Å². The number of allylic oxidation sites excluding steroid dienone is 1. The highest BCUT2D eigenvalue weighted by atomic mass is 16.5. The van der Waals surface area contributed by atoms with Gasteiger partial charge in [-0.25, -0.2) is 0 Å². The number of methoxy groups -OCH3 is 1. The van der Waals surface area contributed by atoms with Crippen LogP contribution in [0.3, 0.4) is 0 Å². The number of phenols is 1. The van der Waals surface area contributed by atoms with Crippen LogP contribution < -0.4 is 10.1 Å². The van der Waals surface area contributed by atoms with Crippen molar-refractivity contribution in [3.63, 3.8) is 0 Å². The van der Waals surface area contributed by atoms with E-state index < -0.39 is 0 Å². The van der Waals surface area contributed by atoms with Crippen molar-refractivity contribution in [3.05, 3.63) is 35.9 Å². The van der Waals surface area contributed by atoms with Crippen LogP contribution in [-0.4, -0.2) is 18.1 Å². The fraction of sp³-hybridized carbons (Fsp3) is 0.667. The number of hydrogen-bond donors (Lipinski definition) is 2. The minimum atomic E-state index is 0.0751. The maximum atomic E-state index is 12.0. The molecule has 176 valence electrons. The third-order valence-corrected chi connectivity index (χ3v) is 5.80. The van der Waals surface area contributed by atoms with E-state index in [-0.39, 0.29) is 11.7 Å². The van der Waals surface area contributed by atoms with Gasteiger partial charge in [0.1, 0.15) is 0 Å². The monoisotopic (exact) mass is 431 g/mol. The van der Waals surface area contributed by atoms with E-state index >= 15 is 0 Å². The van der Waals surface area contributed by atoms with Gasteiger partial charge in [0.25, 0.3) is 0 Å². The Morgan fingerprint density at radius 2 is 1.45 bits per heavy atom. The average molecular weight is 432 g/mol. The molecule has 31 heavy (non-hydrogen) atoms. The second-order valence-electron chi connectivity index (χ2n) is 8.67. The second-order valence-corrected chi connectivity index (χ2v) is 8.67. The maximum absolute atomic E-state index is 12.0. The van der Waals surface area contributed by atoms with Crippen molar-refractivity contribution in [1.82, 2.24) is 5.32 Å². The molecule has 0 bridgehead atoms. The summed E-state index contributed by atoms with van der Waals surface area (Å²) in [5.74, 6) is 0.611. The summed E-state index contributed by atoms with van der Waals surface area (Å²) in [7, 11) is 1.52. The summed E-state index contributed by atoms with van der Waals surface area (Å²) in [5, 5.41) is 12.5. The Bertz CT molecular complexity index is 627. The van der Waals surface area contributed by atoms with Crippen molar-refractivity contribution < 1.29 is 14.6 Å². The molecule has 1 amide bonds. The molecule has 0 aliphatic heterocycles. The highest BCUT2D eigenvalue weighted by molar-refractivity contribution is 5.75. The lowest BCUT2D eigenvalue weighted by Gasteiger charge is -2.08. The first kappa shape index (κ1) is 27.1. The van der Waals surface area contributed by atoms with Crippen LogP contribution in [0.25, 0.3) is 0 Å². The predicted octanol–water partition coefficient (Wildman–Crippen LogP) is 7.44. The quantitative estimate of drug-likeness (QED) is 0.177. The van der Waals surface area contributed by atoms with Crippen molar-refractivity contribution in [3.8, 4) is 11.5 Å². The molecule has 1 aromatic carbocycles. The number of carbonyl (C=O) groups excluding carboxylic acids is 1. The zero-order chi connectivity index (χ0) is 22.7. The molecular formula is C27H45NO3. The fourth-order valence-corrected chi connectivity index (χ4v) is 3.77. The lowest BCUT2D eigenvalue weighted by atomic mass is 10.0. The van der Waals surface area contributed by atoms with Gasteiger partial charge in [0, 0.05) is 13.0 Å². The molecule has 2 N–H and O–H groups in total. The zero-order valence-electron chi connectivity index (χ0n) is 20.0. The molecule has 1 aromatic rings. The first-order chi connectivity index (χ1) is 15.1.